The molecule has 0 fully saturated rings. The van der Waals surface area contributed by atoms with Crippen LogP contribution in [0.1, 0.15) is 25.8 Å². The number of fused-ring (bicyclic) bond motifs is 1. The van der Waals surface area contributed by atoms with Crippen LogP contribution in [-0.4, -0.2) is 31.8 Å². The number of nitrogens with zero attached hydrogens (tertiary/aromatic N) is 4. The van der Waals surface area contributed by atoms with E-state index in [0.717, 1.165) is 28.9 Å². The smallest absolute Gasteiger partial charge is 0.223 e. The van der Waals surface area contributed by atoms with Gasteiger partial charge >= 0.3 is 0 Å². The lowest BCUT2D eigenvalue weighted by molar-refractivity contribution is 0.0304. The Morgan fingerprint density at radius 2 is 2.00 bits per heavy atom. The quantitative estimate of drug-likeness (QED) is 0.785. The van der Waals surface area contributed by atoms with Crippen LogP contribution in [-0.2, 0) is 4.74 Å². The van der Waals surface area contributed by atoms with Crippen molar-refractivity contribution in [2.75, 3.05) is 5.73 Å². The van der Waals surface area contributed by atoms with E-state index in [4.69, 9.17) is 10.5 Å². The molecule has 24 heavy (non-hydrogen) atoms. The van der Waals surface area contributed by atoms with E-state index in [1.54, 1.807) is 4.52 Å². The number of benzene rings is 1. The number of ether oxygens (including phenoxy) is 1. The van der Waals surface area contributed by atoms with Gasteiger partial charge in [0.1, 0.15) is 6.33 Å². The number of aromatic nitrogens is 4. The van der Waals surface area contributed by atoms with Crippen molar-refractivity contribution in [3.8, 4) is 11.3 Å². The number of hydrogen-bond acceptors (Lipinski definition) is 5. The molecule has 0 aliphatic carbocycles. The lowest BCUT2D eigenvalue weighted by atomic mass is 9.93. The molecule has 1 aromatic carbocycles. The highest BCUT2D eigenvalue weighted by molar-refractivity contribution is 5.87. The third-order valence-corrected chi connectivity index (χ3v) is 4.21. The predicted molar refractivity (Wildman–Crippen MR) is 93.2 cm³/mol. The molecule has 6 nitrogen and oxygen atoms in total. The van der Waals surface area contributed by atoms with E-state index in [1.165, 1.54) is 11.9 Å². The van der Waals surface area contributed by atoms with Gasteiger partial charge in [0.05, 0.1) is 17.9 Å². The molecule has 0 radical (unpaired) electrons. The number of hydrogen-bond donors (Lipinski definition) is 1. The maximum Gasteiger partial charge on any atom is 0.223 e. The van der Waals surface area contributed by atoms with Gasteiger partial charge in [-0.05, 0) is 25.8 Å². The number of nitrogens with two attached hydrogens (primary N) is 1. The first-order valence-corrected chi connectivity index (χ1v) is 8.04. The average Bonchev–Trinajstić information content (AvgIpc) is 3.04. The molecule has 122 valence electrons. The van der Waals surface area contributed by atoms with E-state index in [9.17, 15) is 0 Å². The van der Waals surface area contributed by atoms with Gasteiger partial charge in [-0.3, -0.25) is 0 Å². The minimum Gasteiger partial charge on any atom is -0.371 e. The number of rotatable bonds is 2. The summed E-state index contributed by atoms with van der Waals surface area (Å²) in [4.78, 5) is 9.07. The summed E-state index contributed by atoms with van der Waals surface area (Å²) in [7, 11) is 0. The molecule has 6 heteroatoms. The lowest BCUT2D eigenvalue weighted by Crippen LogP contribution is -2.22. The highest BCUT2D eigenvalue weighted by Gasteiger charge is 2.24. The first kappa shape index (κ1) is 14.8. The summed E-state index contributed by atoms with van der Waals surface area (Å²) in [5, 5.41) is 4.21. The molecule has 0 spiro atoms. The Kier molecular flexibility index (Phi) is 3.54. The van der Waals surface area contributed by atoms with Crippen LogP contribution in [0.15, 0.2) is 42.7 Å². The van der Waals surface area contributed by atoms with Crippen LogP contribution in [0.4, 0.5) is 5.95 Å². The van der Waals surface area contributed by atoms with Crippen molar-refractivity contribution < 1.29 is 4.74 Å². The Hall–Kier alpha value is -2.73. The maximum absolute atomic E-state index is 6.10. The van der Waals surface area contributed by atoms with Crippen LogP contribution in [0, 0.1) is 0 Å². The van der Waals surface area contributed by atoms with Crippen molar-refractivity contribution >= 4 is 17.2 Å². The summed E-state index contributed by atoms with van der Waals surface area (Å²) in [6, 6.07) is 10.0. The van der Waals surface area contributed by atoms with Crippen molar-refractivity contribution in [3.63, 3.8) is 0 Å². The SMILES string of the molecule is CC1C=C(c2c(-c3ccccc3)nc(N)n3ncnc23)CC(C)O1. The normalized spacial score (nSPS) is 21.0. The lowest BCUT2D eigenvalue weighted by Gasteiger charge is -2.26. The highest BCUT2D eigenvalue weighted by atomic mass is 16.5. The van der Waals surface area contributed by atoms with Crippen molar-refractivity contribution in [3.05, 3.63) is 48.3 Å². The fourth-order valence-corrected chi connectivity index (χ4v) is 3.30. The molecule has 0 saturated carbocycles. The summed E-state index contributed by atoms with van der Waals surface area (Å²) >= 11 is 0. The molecule has 2 unspecified atom stereocenters. The van der Waals surface area contributed by atoms with Crippen molar-refractivity contribution in [1.82, 2.24) is 19.6 Å². The molecule has 2 aromatic heterocycles. The fourth-order valence-electron chi connectivity index (χ4n) is 3.30. The van der Waals surface area contributed by atoms with Gasteiger partial charge < -0.3 is 10.5 Å². The minimum atomic E-state index is 0.0490. The van der Waals surface area contributed by atoms with Crippen LogP contribution in [0.2, 0.25) is 0 Å². The molecule has 4 rings (SSSR count). The zero-order valence-electron chi connectivity index (χ0n) is 13.7. The summed E-state index contributed by atoms with van der Waals surface area (Å²) in [5.41, 5.74) is 10.8. The van der Waals surface area contributed by atoms with Gasteiger partial charge in [-0.2, -0.15) is 9.61 Å². The van der Waals surface area contributed by atoms with Crippen molar-refractivity contribution in [2.45, 2.75) is 32.5 Å². The summed E-state index contributed by atoms with van der Waals surface area (Å²) in [5.74, 6) is 0.332. The Bertz CT molecular complexity index is 916. The van der Waals surface area contributed by atoms with E-state index < -0.39 is 0 Å². The average molecular weight is 321 g/mol. The van der Waals surface area contributed by atoms with Gasteiger partial charge in [0.25, 0.3) is 0 Å². The van der Waals surface area contributed by atoms with Gasteiger partial charge in [0, 0.05) is 11.1 Å². The van der Waals surface area contributed by atoms with E-state index >= 15 is 0 Å². The standard InChI is InChI=1S/C18H19N5O/c1-11-8-14(9-12(2)24-11)15-16(13-6-4-3-5-7-13)22-18(19)23-17(15)20-10-21-23/h3-8,10-12H,9H2,1-2H3,(H2,19,22). The monoisotopic (exact) mass is 321 g/mol. The zero-order chi connectivity index (χ0) is 16.7. The Morgan fingerprint density at radius 3 is 2.75 bits per heavy atom. The maximum atomic E-state index is 6.10. The van der Waals surface area contributed by atoms with Crippen LogP contribution >= 0.6 is 0 Å². The van der Waals surface area contributed by atoms with Crippen LogP contribution < -0.4 is 5.73 Å². The van der Waals surface area contributed by atoms with E-state index in [0.29, 0.717) is 5.95 Å². The summed E-state index contributed by atoms with van der Waals surface area (Å²) < 4.78 is 7.43. The molecule has 2 atom stereocenters. The molecule has 0 amide bonds. The molecular formula is C18H19N5O. The summed E-state index contributed by atoms with van der Waals surface area (Å²) in [6.45, 7) is 4.13. The fraction of sp³-hybridized carbons (Fsp3) is 0.278. The van der Waals surface area contributed by atoms with Crippen molar-refractivity contribution in [1.29, 1.82) is 0 Å². The Labute approximate surface area is 140 Å². The molecule has 1 aliphatic heterocycles. The molecule has 3 aromatic rings. The van der Waals surface area contributed by atoms with Gasteiger partial charge in [0.15, 0.2) is 5.65 Å². The second kappa shape index (κ2) is 5.72. The predicted octanol–water partition coefficient (Wildman–Crippen LogP) is 2.95. The first-order chi connectivity index (χ1) is 11.6. The largest absolute Gasteiger partial charge is 0.371 e. The molecule has 3 heterocycles. The molecular weight excluding hydrogens is 302 g/mol. The topological polar surface area (TPSA) is 78.3 Å². The van der Waals surface area contributed by atoms with Gasteiger partial charge in [-0.1, -0.05) is 36.4 Å². The second-order valence-corrected chi connectivity index (χ2v) is 6.10. The molecule has 1 aliphatic rings. The molecule has 2 N–H and O–H groups in total. The highest BCUT2D eigenvalue weighted by Crippen LogP contribution is 2.36. The number of nitrogen functional groups attached to an aromatic ring is 1. The first-order valence-electron chi connectivity index (χ1n) is 8.04. The van der Waals surface area contributed by atoms with Crippen LogP contribution in [0.5, 0.6) is 0 Å². The van der Waals surface area contributed by atoms with Crippen LogP contribution in [0.3, 0.4) is 0 Å². The van der Waals surface area contributed by atoms with Crippen molar-refractivity contribution in [2.24, 2.45) is 0 Å². The van der Waals surface area contributed by atoms with Gasteiger partial charge in [-0.15, -0.1) is 0 Å². The van der Waals surface area contributed by atoms with Gasteiger partial charge in [0.2, 0.25) is 5.95 Å². The molecule has 0 saturated heterocycles. The van der Waals surface area contributed by atoms with E-state index in [1.807, 2.05) is 37.3 Å². The third kappa shape index (κ3) is 2.45. The van der Waals surface area contributed by atoms with E-state index in [2.05, 4.69) is 28.1 Å². The second-order valence-electron chi connectivity index (χ2n) is 6.10. The summed E-state index contributed by atoms with van der Waals surface area (Å²) in [6.07, 6.45) is 4.64. The molecule has 0 bridgehead atoms. The Morgan fingerprint density at radius 1 is 1.21 bits per heavy atom. The minimum absolute atomic E-state index is 0.0490. The van der Waals surface area contributed by atoms with Gasteiger partial charge in [-0.25, -0.2) is 9.97 Å². The van der Waals surface area contributed by atoms with E-state index in [-0.39, 0.29) is 12.2 Å². The zero-order valence-corrected chi connectivity index (χ0v) is 13.7. The van der Waals surface area contributed by atoms with Crippen LogP contribution in [0.25, 0.3) is 22.5 Å². The third-order valence-electron chi connectivity index (χ3n) is 4.21. The Balaban J connectivity index is 2.02. The number of anilines is 1.